The molecular formula is C11H19BrO2S. The largest absolute Gasteiger partial charge is 0.223 e. The summed E-state index contributed by atoms with van der Waals surface area (Å²) in [4.78, 5) is 0. The minimum atomic E-state index is -3.04. The van der Waals surface area contributed by atoms with Crippen LogP contribution in [0.3, 0.4) is 0 Å². The molecule has 4 heteroatoms. The second-order valence-electron chi connectivity index (χ2n) is 3.38. The second kappa shape index (κ2) is 9.16. The Labute approximate surface area is 102 Å². The van der Waals surface area contributed by atoms with E-state index >= 15 is 0 Å². The molecule has 0 aromatic carbocycles. The maximum atomic E-state index is 11.0. The molecule has 0 rings (SSSR count). The van der Waals surface area contributed by atoms with E-state index < -0.39 is 9.84 Å². The predicted molar refractivity (Wildman–Crippen MR) is 69.8 cm³/mol. The van der Waals surface area contributed by atoms with Gasteiger partial charge in [0.2, 0.25) is 0 Å². The van der Waals surface area contributed by atoms with Gasteiger partial charge in [-0.25, -0.2) is 8.42 Å². The molecule has 0 aliphatic rings. The molecule has 0 saturated carbocycles. The maximum Gasteiger partial charge on any atom is 0.181 e. The predicted octanol–water partition coefficient (Wildman–Crippen LogP) is 3.79. The summed E-state index contributed by atoms with van der Waals surface area (Å²) in [6.45, 7) is 2.18. The quantitative estimate of drug-likeness (QED) is 0.388. The molecule has 0 heterocycles. The van der Waals surface area contributed by atoms with Crippen LogP contribution in [0.25, 0.3) is 0 Å². The molecule has 15 heavy (non-hydrogen) atoms. The van der Waals surface area contributed by atoms with E-state index in [0.717, 1.165) is 6.42 Å². The molecule has 0 N–H and O–H groups in total. The third-order valence-corrected chi connectivity index (χ3v) is 4.70. The Balaban J connectivity index is 3.63. The molecule has 0 amide bonds. The third-order valence-electron chi connectivity index (χ3n) is 1.91. The van der Waals surface area contributed by atoms with Gasteiger partial charge in [0.1, 0.15) is 4.66 Å². The SMILES string of the molecule is CCCCCCC=CC=CS(=O)(=O)CBr. The summed E-state index contributed by atoms with van der Waals surface area (Å²) in [6.07, 6.45) is 11.4. The van der Waals surface area contributed by atoms with Crippen molar-refractivity contribution in [1.29, 1.82) is 0 Å². The van der Waals surface area contributed by atoms with Gasteiger partial charge in [0.25, 0.3) is 0 Å². The lowest BCUT2D eigenvalue weighted by Crippen LogP contribution is -1.93. The first-order valence-corrected chi connectivity index (χ1v) is 8.08. The average Bonchev–Trinajstić information content (AvgIpc) is 2.22. The van der Waals surface area contributed by atoms with Gasteiger partial charge in [-0.05, 0) is 12.8 Å². The van der Waals surface area contributed by atoms with Gasteiger partial charge in [-0.1, -0.05) is 60.3 Å². The highest BCUT2D eigenvalue weighted by atomic mass is 79.9. The Bertz CT molecular complexity index is 292. The van der Waals surface area contributed by atoms with E-state index in [4.69, 9.17) is 0 Å². The topological polar surface area (TPSA) is 34.1 Å². The number of unbranched alkanes of at least 4 members (excludes halogenated alkanes) is 4. The summed E-state index contributed by atoms with van der Waals surface area (Å²) in [5, 5.41) is 1.23. The molecule has 0 unspecified atom stereocenters. The Morgan fingerprint density at radius 1 is 1.13 bits per heavy atom. The molecule has 0 fully saturated rings. The first-order chi connectivity index (χ1) is 7.12. The van der Waals surface area contributed by atoms with Gasteiger partial charge in [-0.3, -0.25) is 0 Å². The molecule has 0 aliphatic carbocycles. The van der Waals surface area contributed by atoms with Crippen molar-refractivity contribution in [3.05, 3.63) is 23.6 Å². The molecule has 0 spiro atoms. The number of sulfone groups is 1. The summed E-state index contributed by atoms with van der Waals surface area (Å²) >= 11 is 2.92. The number of hydrogen-bond donors (Lipinski definition) is 0. The highest BCUT2D eigenvalue weighted by Gasteiger charge is 1.99. The summed E-state index contributed by atoms with van der Waals surface area (Å²) in [5.74, 6) is 0. The highest BCUT2D eigenvalue weighted by molar-refractivity contribution is 9.10. The number of hydrogen-bond acceptors (Lipinski definition) is 2. The standard InChI is InChI=1S/C11H19BrO2S/c1-2-3-4-5-6-7-8-9-10-15(13,14)11-12/h7-10H,2-6,11H2,1H3. The van der Waals surface area contributed by atoms with Crippen LogP contribution in [-0.4, -0.2) is 13.1 Å². The van der Waals surface area contributed by atoms with Gasteiger partial charge in [-0.2, -0.15) is 0 Å². The van der Waals surface area contributed by atoms with Crippen LogP contribution >= 0.6 is 15.9 Å². The maximum absolute atomic E-state index is 11.0. The van der Waals surface area contributed by atoms with E-state index in [9.17, 15) is 8.42 Å². The molecule has 2 nitrogen and oxygen atoms in total. The fourth-order valence-corrected chi connectivity index (χ4v) is 1.93. The number of halogens is 1. The van der Waals surface area contributed by atoms with Crippen molar-refractivity contribution in [2.45, 2.75) is 39.0 Å². The van der Waals surface area contributed by atoms with Crippen LogP contribution in [0.5, 0.6) is 0 Å². The smallest absolute Gasteiger partial charge is 0.181 e. The van der Waals surface area contributed by atoms with Crippen molar-refractivity contribution >= 4 is 25.8 Å². The molecule has 0 saturated heterocycles. The van der Waals surface area contributed by atoms with Crippen molar-refractivity contribution in [2.24, 2.45) is 0 Å². The van der Waals surface area contributed by atoms with Crippen molar-refractivity contribution in [2.75, 3.05) is 4.66 Å². The lowest BCUT2D eigenvalue weighted by atomic mass is 10.1. The zero-order valence-electron chi connectivity index (χ0n) is 9.15. The van der Waals surface area contributed by atoms with Gasteiger partial charge in [0.15, 0.2) is 9.84 Å². The van der Waals surface area contributed by atoms with E-state index in [1.165, 1.54) is 31.1 Å². The van der Waals surface area contributed by atoms with Crippen molar-refractivity contribution in [3.8, 4) is 0 Å². The fraction of sp³-hybridized carbons (Fsp3) is 0.636. The molecule has 0 aliphatic heterocycles. The van der Waals surface area contributed by atoms with Gasteiger partial charge in [-0.15, -0.1) is 0 Å². The summed E-state index contributed by atoms with van der Waals surface area (Å²) in [6, 6.07) is 0. The van der Waals surface area contributed by atoms with Crippen LogP contribution in [0.15, 0.2) is 23.6 Å². The first-order valence-electron chi connectivity index (χ1n) is 5.24. The number of alkyl halides is 1. The Morgan fingerprint density at radius 3 is 2.47 bits per heavy atom. The zero-order valence-corrected chi connectivity index (χ0v) is 11.6. The van der Waals surface area contributed by atoms with E-state index in [0.29, 0.717) is 0 Å². The minimum Gasteiger partial charge on any atom is -0.223 e. The van der Waals surface area contributed by atoms with E-state index in [-0.39, 0.29) is 4.66 Å². The van der Waals surface area contributed by atoms with Crippen LogP contribution in [-0.2, 0) is 9.84 Å². The molecule has 0 aromatic rings. The van der Waals surface area contributed by atoms with Crippen molar-refractivity contribution in [3.63, 3.8) is 0 Å². The molecule has 0 radical (unpaired) electrons. The summed E-state index contributed by atoms with van der Waals surface area (Å²) in [7, 11) is -3.04. The van der Waals surface area contributed by atoms with Crippen LogP contribution < -0.4 is 0 Å². The molecule has 0 bridgehead atoms. The van der Waals surface area contributed by atoms with Crippen LogP contribution in [0.4, 0.5) is 0 Å². The Hall–Kier alpha value is -0.0900. The third kappa shape index (κ3) is 10.2. The fourth-order valence-electron chi connectivity index (χ4n) is 1.07. The normalized spacial score (nSPS) is 12.9. The van der Waals surface area contributed by atoms with Gasteiger partial charge < -0.3 is 0 Å². The molecule has 0 atom stereocenters. The average molecular weight is 295 g/mol. The van der Waals surface area contributed by atoms with Gasteiger partial charge in [0, 0.05) is 5.41 Å². The Morgan fingerprint density at radius 2 is 1.87 bits per heavy atom. The van der Waals surface area contributed by atoms with E-state index in [1.54, 1.807) is 12.2 Å². The highest BCUT2D eigenvalue weighted by Crippen LogP contribution is 2.03. The van der Waals surface area contributed by atoms with Crippen LogP contribution in [0.1, 0.15) is 39.0 Å². The molecular weight excluding hydrogens is 276 g/mol. The van der Waals surface area contributed by atoms with E-state index in [1.807, 2.05) is 6.08 Å². The van der Waals surface area contributed by atoms with Gasteiger partial charge >= 0.3 is 0 Å². The second-order valence-corrected chi connectivity index (χ2v) is 6.57. The zero-order chi connectivity index (χ0) is 11.6. The van der Waals surface area contributed by atoms with Crippen LogP contribution in [0, 0.1) is 0 Å². The number of allylic oxidation sites excluding steroid dienone is 3. The monoisotopic (exact) mass is 294 g/mol. The molecule has 0 aromatic heterocycles. The summed E-state index contributed by atoms with van der Waals surface area (Å²) in [5.41, 5.74) is 0. The minimum absolute atomic E-state index is 0.0131. The first kappa shape index (κ1) is 14.9. The lowest BCUT2D eigenvalue weighted by molar-refractivity contribution is 0.609. The van der Waals surface area contributed by atoms with Crippen molar-refractivity contribution < 1.29 is 8.42 Å². The van der Waals surface area contributed by atoms with Gasteiger partial charge in [0.05, 0.1) is 0 Å². The Kier molecular flexibility index (Phi) is 9.10. The van der Waals surface area contributed by atoms with Crippen LogP contribution in [0.2, 0.25) is 0 Å². The number of rotatable bonds is 8. The van der Waals surface area contributed by atoms with Crippen molar-refractivity contribution in [1.82, 2.24) is 0 Å². The molecule has 88 valence electrons. The van der Waals surface area contributed by atoms with E-state index in [2.05, 4.69) is 22.9 Å². The summed E-state index contributed by atoms with van der Waals surface area (Å²) < 4.78 is 22.0. The lowest BCUT2D eigenvalue weighted by Gasteiger charge is -1.93.